The van der Waals surface area contributed by atoms with Gasteiger partial charge < -0.3 is 15.4 Å². The molecule has 1 aliphatic rings. The first-order valence-electron chi connectivity index (χ1n) is 6.08. The molecule has 98 valence electrons. The lowest BCUT2D eigenvalue weighted by atomic mass is 10.1. The van der Waals surface area contributed by atoms with Crippen molar-refractivity contribution < 1.29 is 13.9 Å². The molecule has 0 spiro atoms. The van der Waals surface area contributed by atoms with Crippen LogP contribution in [0, 0.1) is 11.7 Å². The Labute approximate surface area is 106 Å². The zero-order chi connectivity index (χ0) is 12.8. The van der Waals surface area contributed by atoms with Crippen LogP contribution in [-0.2, 0) is 9.53 Å². The van der Waals surface area contributed by atoms with E-state index in [0.717, 1.165) is 26.2 Å². The van der Waals surface area contributed by atoms with Crippen LogP contribution in [0.25, 0.3) is 0 Å². The topological polar surface area (TPSA) is 50.4 Å². The number of carbonyl (C=O) groups excluding carboxylic acids is 1. The molecule has 1 fully saturated rings. The molecule has 0 saturated carbocycles. The molecule has 5 heteroatoms. The highest BCUT2D eigenvalue weighted by atomic mass is 19.1. The quantitative estimate of drug-likeness (QED) is 0.832. The second-order valence-electron chi connectivity index (χ2n) is 4.42. The van der Waals surface area contributed by atoms with Crippen molar-refractivity contribution in [2.24, 2.45) is 5.92 Å². The van der Waals surface area contributed by atoms with Crippen molar-refractivity contribution in [3.63, 3.8) is 0 Å². The highest BCUT2D eigenvalue weighted by molar-refractivity contribution is 5.92. The van der Waals surface area contributed by atoms with Crippen molar-refractivity contribution in [2.75, 3.05) is 31.6 Å². The molecule has 2 N–H and O–H groups in total. The number of halogens is 1. The molecule has 1 saturated heterocycles. The van der Waals surface area contributed by atoms with E-state index in [1.165, 1.54) is 24.3 Å². The first-order chi connectivity index (χ1) is 8.74. The van der Waals surface area contributed by atoms with Crippen LogP contribution in [0.3, 0.4) is 0 Å². The maximum Gasteiger partial charge on any atom is 0.238 e. The van der Waals surface area contributed by atoms with E-state index in [-0.39, 0.29) is 18.3 Å². The zero-order valence-corrected chi connectivity index (χ0v) is 10.1. The summed E-state index contributed by atoms with van der Waals surface area (Å²) in [5, 5.41) is 5.79. The van der Waals surface area contributed by atoms with Gasteiger partial charge in [0.1, 0.15) is 5.82 Å². The summed E-state index contributed by atoms with van der Waals surface area (Å²) in [6.45, 7) is 2.63. The van der Waals surface area contributed by atoms with E-state index in [4.69, 9.17) is 4.74 Å². The average molecular weight is 252 g/mol. The maximum atomic E-state index is 12.7. The second kappa shape index (κ2) is 6.47. The molecule has 1 heterocycles. The molecule has 0 aliphatic carbocycles. The van der Waals surface area contributed by atoms with Crippen LogP contribution in [0.2, 0.25) is 0 Å². The van der Waals surface area contributed by atoms with Gasteiger partial charge in [-0.15, -0.1) is 0 Å². The number of anilines is 1. The van der Waals surface area contributed by atoms with Gasteiger partial charge in [-0.25, -0.2) is 4.39 Å². The molecule has 1 aromatic carbocycles. The fraction of sp³-hybridized carbons (Fsp3) is 0.462. The molecule has 0 bridgehead atoms. The van der Waals surface area contributed by atoms with E-state index < -0.39 is 0 Å². The predicted octanol–water partition coefficient (Wildman–Crippen LogP) is 1.39. The van der Waals surface area contributed by atoms with Gasteiger partial charge >= 0.3 is 0 Å². The fourth-order valence-electron chi connectivity index (χ4n) is 1.87. The monoisotopic (exact) mass is 252 g/mol. The minimum Gasteiger partial charge on any atom is -0.381 e. The molecular weight excluding hydrogens is 235 g/mol. The maximum absolute atomic E-state index is 12.7. The largest absolute Gasteiger partial charge is 0.381 e. The van der Waals surface area contributed by atoms with Crippen LogP contribution < -0.4 is 10.6 Å². The SMILES string of the molecule is O=C(CNCC1CCOC1)Nc1ccc(F)cc1. The summed E-state index contributed by atoms with van der Waals surface area (Å²) in [6, 6.07) is 5.72. The molecule has 1 unspecified atom stereocenters. The number of benzene rings is 1. The van der Waals surface area contributed by atoms with Crippen LogP contribution in [0.5, 0.6) is 0 Å². The summed E-state index contributed by atoms with van der Waals surface area (Å²) in [5.41, 5.74) is 0.604. The minimum atomic E-state index is -0.313. The fourth-order valence-corrected chi connectivity index (χ4v) is 1.87. The lowest BCUT2D eigenvalue weighted by Crippen LogP contribution is -2.31. The summed E-state index contributed by atoms with van der Waals surface area (Å²) in [4.78, 5) is 11.6. The van der Waals surface area contributed by atoms with Crippen LogP contribution >= 0.6 is 0 Å². The standard InChI is InChI=1S/C13H17FN2O2/c14-11-1-3-12(4-2-11)16-13(17)8-15-7-10-5-6-18-9-10/h1-4,10,15H,5-9H2,(H,16,17). The summed E-state index contributed by atoms with van der Waals surface area (Å²) < 4.78 is 17.9. The molecule has 0 radical (unpaired) electrons. The van der Waals surface area contributed by atoms with Crippen molar-refractivity contribution in [1.82, 2.24) is 5.32 Å². The Morgan fingerprint density at radius 1 is 1.39 bits per heavy atom. The summed E-state index contributed by atoms with van der Waals surface area (Å²) in [6.07, 6.45) is 1.05. The van der Waals surface area contributed by atoms with Gasteiger partial charge in [0.15, 0.2) is 0 Å². The number of nitrogens with one attached hydrogen (secondary N) is 2. The van der Waals surface area contributed by atoms with Crippen molar-refractivity contribution in [3.8, 4) is 0 Å². The first kappa shape index (κ1) is 13.0. The summed E-state index contributed by atoms with van der Waals surface area (Å²) in [7, 11) is 0. The number of rotatable bonds is 5. The molecule has 1 aromatic rings. The Kier molecular flexibility index (Phi) is 4.66. The van der Waals surface area contributed by atoms with Gasteiger partial charge in [-0.2, -0.15) is 0 Å². The minimum absolute atomic E-state index is 0.125. The Hall–Kier alpha value is -1.46. The molecule has 18 heavy (non-hydrogen) atoms. The third kappa shape index (κ3) is 4.09. The van der Waals surface area contributed by atoms with Gasteiger partial charge in [-0.1, -0.05) is 0 Å². The molecular formula is C13H17FN2O2. The summed E-state index contributed by atoms with van der Waals surface area (Å²) in [5.74, 6) is 0.0662. The van der Waals surface area contributed by atoms with Crippen molar-refractivity contribution in [2.45, 2.75) is 6.42 Å². The predicted molar refractivity (Wildman–Crippen MR) is 66.8 cm³/mol. The van der Waals surface area contributed by atoms with E-state index in [0.29, 0.717) is 11.6 Å². The first-order valence-corrected chi connectivity index (χ1v) is 6.08. The molecule has 1 amide bonds. The Balaban J connectivity index is 1.66. The average Bonchev–Trinajstić information content (AvgIpc) is 2.85. The van der Waals surface area contributed by atoms with Gasteiger partial charge in [0.05, 0.1) is 13.2 Å². The third-order valence-electron chi connectivity index (χ3n) is 2.87. The van der Waals surface area contributed by atoms with E-state index in [2.05, 4.69) is 10.6 Å². The van der Waals surface area contributed by atoms with Crippen LogP contribution in [0.15, 0.2) is 24.3 Å². The Bertz CT molecular complexity index is 388. The zero-order valence-electron chi connectivity index (χ0n) is 10.1. The number of amides is 1. The molecule has 4 nitrogen and oxygen atoms in total. The van der Waals surface area contributed by atoms with Gasteiger partial charge in [0, 0.05) is 18.8 Å². The van der Waals surface area contributed by atoms with E-state index >= 15 is 0 Å². The van der Waals surface area contributed by atoms with Crippen molar-refractivity contribution >= 4 is 11.6 Å². The van der Waals surface area contributed by atoms with E-state index in [1.807, 2.05) is 0 Å². The third-order valence-corrected chi connectivity index (χ3v) is 2.87. The van der Waals surface area contributed by atoms with Crippen molar-refractivity contribution in [1.29, 1.82) is 0 Å². The van der Waals surface area contributed by atoms with Crippen LogP contribution in [-0.4, -0.2) is 32.2 Å². The van der Waals surface area contributed by atoms with Gasteiger partial charge in [-0.3, -0.25) is 4.79 Å². The molecule has 1 atom stereocenters. The molecule has 0 aromatic heterocycles. The van der Waals surface area contributed by atoms with Gasteiger partial charge in [0.2, 0.25) is 5.91 Å². The van der Waals surface area contributed by atoms with Crippen LogP contribution in [0.4, 0.5) is 10.1 Å². The smallest absolute Gasteiger partial charge is 0.238 e. The lowest BCUT2D eigenvalue weighted by molar-refractivity contribution is -0.115. The second-order valence-corrected chi connectivity index (χ2v) is 4.42. The van der Waals surface area contributed by atoms with Gasteiger partial charge in [0.25, 0.3) is 0 Å². The lowest BCUT2D eigenvalue weighted by Gasteiger charge is -2.09. The molecule has 2 rings (SSSR count). The Morgan fingerprint density at radius 2 is 2.17 bits per heavy atom. The number of carbonyl (C=O) groups is 1. The van der Waals surface area contributed by atoms with Crippen LogP contribution in [0.1, 0.15) is 6.42 Å². The summed E-state index contributed by atoms with van der Waals surface area (Å²) >= 11 is 0. The Morgan fingerprint density at radius 3 is 2.83 bits per heavy atom. The number of hydrogen-bond acceptors (Lipinski definition) is 3. The van der Waals surface area contributed by atoms with E-state index in [1.54, 1.807) is 0 Å². The molecule has 1 aliphatic heterocycles. The van der Waals surface area contributed by atoms with Gasteiger partial charge in [-0.05, 0) is 36.6 Å². The number of hydrogen-bond donors (Lipinski definition) is 2. The normalized spacial score (nSPS) is 18.8. The van der Waals surface area contributed by atoms with Crippen molar-refractivity contribution in [3.05, 3.63) is 30.1 Å². The number of ether oxygens (including phenoxy) is 1. The highest BCUT2D eigenvalue weighted by Crippen LogP contribution is 2.10. The highest BCUT2D eigenvalue weighted by Gasteiger charge is 2.15. The van der Waals surface area contributed by atoms with E-state index in [9.17, 15) is 9.18 Å².